The molecule has 0 aliphatic carbocycles. The Hall–Kier alpha value is -3.06. The molecule has 26 heavy (non-hydrogen) atoms. The van der Waals surface area contributed by atoms with E-state index in [1.54, 1.807) is 43.3 Å². The van der Waals surface area contributed by atoms with Crippen molar-refractivity contribution in [2.45, 2.75) is 20.0 Å². The first-order valence-corrected chi connectivity index (χ1v) is 8.13. The quantitative estimate of drug-likeness (QED) is 0.699. The van der Waals surface area contributed by atoms with Crippen LogP contribution in [0.25, 0.3) is 0 Å². The van der Waals surface area contributed by atoms with Crippen molar-refractivity contribution < 1.29 is 19.1 Å². The predicted octanol–water partition coefficient (Wildman–Crippen LogP) is 2.53. The SMILES string of the molecule is CC(=O)Nc1ccc(C(=O)NNC(=O)C(C)Oc2ccc(Cl)cc2)cc1. The summed E-state index contributed by atoms with van der Waals surface area (Å²) in [5.74, 6) is -0.726. The van der Waals surface area contributed by atoms with Crippen LogP contribution in [0.2, 0.25) is 5.02 Å². The maximum atomic E-state index is 12.0. The fourth-order valence-corrected chi connectivity index (χ4v) is 2.10. The molecule has 1 unspecified atom stereocenters. The van der Waals surface area contributed by atoms with E-state index in [-0.39, 0.29) is 5.91 Å². The van der Waals surface area contributed by atoms with Crippen molar-refractivity contribution in [2.75, 3.05) is 5.32 Å². The van der Waals surface area contributed by atoms with Gasteiger partial charge in [-0.1, -0.05) is 11.6 Å². The molecule has 0 saturated carbocycles. The number of hydrazine groups is 1. The summed E-state index contributed by atoms with van der Waals surface area (Å²) in [5.41, 5.74) is 5.50. The number of halogens is 1. The minimum absolute atomic E-state index is 0.205. The number of amides is 3. The Morgan fingerprint density at radius 2 is 1.58 bits per heavy atom. The van der Waals surface area contributed by atoms with E-state index in [9.17, 15) is 14.4 Å². The van der Waals surface area contributed by atoms with Gasteiger partial charge < -0.3 is 10.1 Å². The van der Waals surface area contributed by atoms with Crippen molar-refractivity contribution in [1.82, 2.24) is 10.9 Å². The van der Waals surface area contributed by atoms with Crippen molar-refractivity contribution in [3.63, 3.8) is 0 Å². The van der Waals surface area contributed by atoms with E-state index in [1.807, 2.05) is 0 Å². The van der Waals surface area contributed by atoms with E-state index >= 15 is 0 Å². The molecule has 2 rings (SSSR count). The van der Waals surface area contributed by atoms with E-state index in [2.05, 4.69) is 16.2 Å². The maximum Gasteiger partial charge on any atom is 0.279 e. The number of hydrogen-bond donors (Lipinski definition) is 3. The number of rotatable bonds is 5. The molecule has 2 aromatic rings. The largest absolute Gasteiger partial charge is 0.481 e. The Labute approximate surface area is 155 Å². The number of ether oxygens (including phenoxy) is 1. The van der Waals surface area contributed by atoms with Crippen LogP contribution in [-0.4, -0.2) is 23.8 Å². The van der Waals surface area contributed by atoms with Crippen LogP contribution in [-0.2, 0) is 9.59 Å². The molecule has 0 heterocycles. The van der Waals surface area contributed by atoms with Crippen molar-refractivity contribution in [3.05, 3.63) is 59.1 Å². The molecule has 0 saturated heterocycles. The monoisotopic (exact) mass is 375 g/mol. The smallest absolute Gasteiger partial charge is 0.279 e. The molecular weight excluding hydrogens is 358 g/mol. The van der Waals surface area contributed by atoms with Gasteiger partial charge in [-0.2, -0.15) is 0 Å². The van der Waals surface area contributed by atoms with E-state index in [0.717, 1.165) is 0 Å². The van der Waals surface area contributed by atoms with Gasteiger partial charge in [-0.05, 0) is 55.5 Å². The summed E-state index contributed by atoms with van der Waals surface area (Å²) in [6.07, 6.45) is -0.821. The Kier molecular flexibility index (Phi) is 6.57. The molecule has 0 aliphatic heterocycles. The van der Waals surface area contributed by atoms with Crippen molar-refractivity contribution in [1.29, 1.82) is 0 Å². The van der Waals surface area contributed by atoms with Crippen LogP contribution in [0.1, 0.15) is 24.2 Å². The molecule has 0 aromatic heterocycles. The number of carbonyl (C=O) groups excluding carboxylic acids is 3. The summed E-state index contributed by atoms with van der Waals surface area (Å²) < 4.78 is 5.46. The van der Waals surface area contributed by atoms with Gasteiger partial charge in [0, 0.05) is 23.2 Å². The lowest BCUT2D eigenvalue weighted by Crippen LogP contribution is -2.47. The highest BCUT2D eigenvalue weighted by Gasteiger charge is 2.16. The van der Waals surface area contributed by atoms with Gasteiger partial charge in [0.1, 0.15) is 5.75 Å². The lowest BCUT2D eigenvalue weighted by molar-refractivity contribution is -0.128. The Morgan fingerprint density at radius 3 is 2.15 bits per heavy atom. The first-order valence-electron chi connectivity index (χ1n) is 7.75. The van der Waals surface area contributed by atoms with Gasteiger partial charge in [0.05, 0.1) is 0 Å². The third kappa shape index (κ3) is 5.78. The summed E-state index contributed by atoms with van der Waals surface area (Å²) in [6, 6.07) is 12.8. The number of benzene rings is 2. The lowest BCUT2D eigenvalue weighted by Gasteiger charge is -2.15. The molecule has 2 aromatic carbocycles. The fourth-order valence-electron chi connectivity index (χ4n) is 1.97. The van der Waals surface area contributed by atoms with Gasteiger partial charge >= 0.3 is 0 Å². The Balaban J connectivity index is 1.84. The number of carbonyl (C=O) groups is 3. The van der Waals surface area contributed by atoms with E-state index in [0.29, 0.717) is 22.0 Å². The molecule has 3 amide bonds. The highest BCUT2D eigenvalue weighted by molar-refractivity contribution is 6.30. The second-order valence-electron chi connectivity index (χ2n) is 5.42. The summed E-state index contributed by atoms with van der Waals surface area (Å²) in [5, 5.41) is 3.16. The predicted molar refractivity (Wildman–Crippen MR) is 97.9 cm³/mol. The van der Waals surface area contributed by atoms with E-state index < -0.39 is 17.9 Å². The average Bonchev–Trinajstić information content (AvgIpc) is 2.61. The highest BCUT2D eigenvalue weighted by Crippen LogP contribution is 2.16. The summed E-state index contributed by atoms with van der Waals surface area (Å²) in [4.78, 5) is 35.0. The van der Waals surface area contributed by atoms with Gasteiger partial charge in [-0.15, -0.1) is 0 Å². The second kappa shape index (κ2) is 8.87. The van der Waals surface area contributed by atoms with Gasteiger partial charge in [0.2, 0.25) is 5.91 Å². The average molecular weight is 376 g/mol. The third-order valence-corrected chi connectivity index (χ3v) is 3.51. The standard InChI is InChI=1S/C18H18ClN3O4/c1-11(26-16-9-5-14(19)6-10-16)17(24)21-22-18(25)13-3-7-15(8-4-13)20-12(2)23/h3-11H,1-2H3,(H,20,23)(H,21,24)(H,22,25). The summed E-state index contributed by atoms with van der Waals surface area (Å²) in [6.45, 7) is 2.95. The van der Waals surface area contributed by atoms with Crippen molar-refractivity contribution in [3.8, 4) is 5.75 Å². The molecule has 0 bridgehead atoms. The third-order valence-electron chi connectivity index (χ3n) is 3.26. The fraction of sp³-hybridized carbons (Fsp3) is 0.167. The van der Waals surface area contributed by atoms with Gasteiger partial charge in [0.25, 0.3) is 11.8 Å². The van der Waals surface area contributed by atoms with Crippen molar-refractivity contribution >= 4 is 35.0 Å². The Bertz CT molecular complexity index is 791. The zero-order valence-corrected chi connectivity index (χ0v) is 15.0. The summed E-state index contributed by atoms with van der Waals surface area (Å²) in [7, 11) is 0. The highest BCUT2D eigenvalue weighted by atomic mass is 35.5. The number of hydrogen-bond acceptors (Lipinski definition) is 4. The van der Waals surface area contributed by atoms with Crippen LogP contribution in [0.5, 0.6) is 5.75 Å². The molecule has 136 valence electrons. The van der Waals surface area contributed by atoms with Crippen LogP contribution in [0, 0.1) is 0 Å². The molecule has 0 fully saturated rings. The molecule has 0 radical (unpaired) electrons. The minimum Gasteiger partial charge on any atom is -0.481 e. The van der Waals surface area contributed by atoms with Gasteiger partial charge in [0.15, 0.2) is 6.10 Å². The zero-order valence-electron chi connectivity index (χ0n) is 14.2. The van der Waals surface area contributed by atoms with E-state index in [4.69, 9.17) is 16.3 Å². The Morgan fingerprint density at radius 1 is 0.962 bits per heavy atom. The molecule has 3 N–H and O–H groups in total. The van der Waals surface area contributed by atoms with Gasteiger partial charge in [-0.3, -0.25) is 25.2 Å². The maximum absolute atomic E-state index is 12.0. The lowest BCUT2D eigenvalue weighted by atomic mass is 10.2. The first-order chi connectivity index (χ1) is 12.3. The molecule has 8 heteroatoms. The molecular formula is C18H18ClN3O4. The van der Waals surface area contributed by atoms with Crippen LogP contribution in [0.15, 0.2) is 48.5 Å². The normalized spacial score (nSPS) is 11.2. The van der Waals surface area contributed by atoms with Crippen LogP contribution >= 0.6 is 11.6 Å². The molecule has 0 spiro atoms. The van der Waals surface area contributed by atoms with Crippen molar-refractivity contribution in [2.24, 2.45) is 0 Å². The van der Waals surface area contributed by atoms with Crippen LogP contribution in [0.3, 0.4) is 0 Å². The minimum atomic E-state index is -0.821. The van der Waals surface area contributed by atoms with E-state index in [1.165, 1.54) is 19.1 Å². The molecule has 0 aliphatic rings. The number of anilines is 1. The van der Waals surface area contributed by atoms with Crippen LogP contribution in [0.4, 0.5) is 5.69 Å². The summed E-state index contributed by atoms with van der Waals surface area (Å²) >= 11 is 5.79. The second-order valence-corrected chi connectivity index (χ2v) is 5.85. The number of nitrogens with one attached hydrogen (secondary N) is 3. The molecule has 7 nitrogen and oxygen atoms in total. The van der Waals surface area contributed by atoms with Crippen LogP contribution < -0.4 is 20.9 Å². The van der Waals surface area contributed by atoms with Gasteiger partial charge in [-0.25, -0.2) is 0 Å². The zero-order chi connectivity index (χ0) is 19.1. The molecule has 1 atom stereocenters. The first kappa shape index (κ1) is 19.3. The topological polar surface area (TPSA) is 96.5 Å².